The summed E-state index contributed by atoms with van der Waals surface area (Å²) in [5, 5.41) is 0.824. The molecule has 0 N–H and O–H groups in total. The lowest BCUT2D eigenvalue weighted by Gasteiger charge is -2.38. The van der Waals surface area contributed by atoms with Gasteiger partial charge in [-0.15, -0.1) is 0 Å². The molecule has 1 aromatic carbocycles. The van der Waals surface area contributed by atoms with E-state index in [9.17, 15) is 4.79 Å². The molecule has 0 aliphatic carbocycles. The van der Waals surface area contributed by atoms with E-state index in [2.05, 4.69) is 17.9 Å². The quantitative estimate of drug-likeness (QED) is 0.850. The highest BCUT2D eigenvalue weighted by atomic mass is 35.5. The van der Waals surface area contributed by atoms with E-state index >= 15 is 0 Å². The van der Waals surface area contributed by atoms with Crippen LogP contribution in [0, 0.1) is 0 Å². The normalized spacial score (nSPS) is 18.1. The molecule has 0 saturated carbocycles. The van der Waals surface area contributed by atoms with Gasteiger partial charge in [0.05, 0.1) is 0 Å². The van der Waals surface area contributed by atoms with Crippen molar-refractivity contribution in [2.75, 3.05) is 26.2 Å². The Morgan fingerprint density at radius 2 is 1.90 bits per heavy atom. The summed E-state index contributed by atoms with van der Waals surface area (Å²) in [5.74, 6) is 0.289. The lowest BCUT2D eigenvalue weighted by Crippen LogP contribution is -2.49. The van der Waals surface area contributed by atoms with Crippen LogP contribution in [0.3, 0.4) is 0 Å². The highest BCUT2D eigenvalue weighted by Gasteiger charge is 2.24. The van der Waals surface area contributed by atoms with Gasteiger partial charge in [-0.3, -0.25) is 9.69 Å². The minimum absolute atomic E-state index is 0.289. The first-order valence-electron chi connectivity index (χ1n) is 7.39. The van der Waals surface area contributed by atoms with Crippen molar-refractivity contribution >= 4 is 17.5 Å². The van der Waals surface area contributed by atoms with Crippen molar-refractivity contribution in [3.63, 3.8) is 0 Å². The molecule has 0 aromatic heterocycles. The lowest BCUT2D eigenvalue weighted by molar-refractivity contribution is -0.133. The number of piperazine rings is 1. The number of nitrogens with zero attached hydrogens (tertiary/aromatic N) is 2. The lowest BCUT2D eigenvalue weighted by atomic mass is 10.1. The van der Waals surface area contributed by atoms with E-state index in [1.165, 1.54) is 5.56 Å². The van der Waals surface area contributed by atoms with Crippen LogP contribution < -0.4 is 0 Å². The molecule has 110 valence electrons. The van der Waals surface area contributed by atoms with E-state index in [1.807, 2.05) is 30.0 Å². The number of amides is 1. The summed E-state index contributed by atoms with van der Waals surface area (Å²) in [6, 6.07) is 8.31. The maximum atomic E-state index is 11.9. The molecule has 1 aliphatic heterocycles. The Morgan fingerprint density at radius 3 is 2.50 bits per heavy atom. The Labute approximate surface area is 126 Å². The van der Waals surface area contributed by atoms with Crippen molar-refractivity contribution in [2.24, 2.45) is 0 Å². The second kappa shape index (κ2) is 7.09. The minimum Gasteiger partial charge on any atom is -0.340 e. The van der Waals surface area contributed by atoms with Gasteiger partial charge >= 0.3 is 0 Å². The summed E-state index contributed by atoms with van der Waals surface area (Å²) in [7, 11) is 0. The predicted molar refractivity (Wildman–Crippen MR) is 82.9 cm³/mol. The molecule has 1 aliphatic rings. The van der Waals surface area contributed by atoms with Crippen molar-refractivity contribution in [3.8, 4) is 0 Å². The molecule has 0 bridgehead atoms. The molecule has 2 rings (SSSR count). The fraction of sp³-hybridized carbons (Fsp3) is 0.562. The molecular formula is C16H23ClN2O. The number of hydrogen-bond acceptors (Lipinski definition) is 2. The maximum absolute atomic E-state index is 11.9. The zero-order valence-corrected chi connectivity index (χ0v) is 13.1. The average Bonchev–Trinajstić information content (AvgIpc) is 2.47. The van der Waals surface area contributed by atoms with Crippen LogP contribution in [0.15, 0.2) is 24.3 Å². The zero-order valence-electron chi connectivity index (χ0n) is 12.3. The molecule has 0 radical (unpaired) electrons. The first kappa shape index (κ1) is 15.3. The zero-order chi connectivity index (χ0) is 14.5. The van der Waals surface area contributed by atoms with Crippen LogP contribution in [-0.4, -0.2) is 41.9 Å². The molecule has 0 spiro atoms. The number of halogens is 1. The molecule has 1 heterocycles. The van der Waals surface area contributed by atoms with E-state index in [0.717, 1.165) is 37.6 Å². The fourth-order valence-corrected chi connectivity index (χ4v) is 3.03. The summed E-state index contributed by atoms with van der Waals surface area (Å²) in [4.78, 5) is 16.3. The highest BCUT2D eigenvalue weighted by Crippen LogP contribution is 2.27. The molecule has 20 heavy (non-hydrogen) atoms. The molecule has 4 heteroatoms. The van der Waals surface area contributed by atoms with Gasteiger partial charge in [-0.25, -0.2) is 0 Å². The van der Waals surface area contributed by atoms with E-state index in [4.69, 9.17) is 11.6 Å². The van der Waals surface area contributed by atoms with Crippen molar-refractivity contribution in [1.82, 2.24) is 9.80 Å². The third-order valence-corrected chi connectivity index (χ3v) is 4.38. The van der Waals surface area contributed by atoms with Crippen LogP contribution in [0.4, 0.5) is 0 Å². The van der Waals surface area contributed by atoms with Crippen molar-refractivity contribution in [3.05, 3.63) is 34.9 Å². The smallest absolute Gasteiger partial charge is 0.222 e. The van der Waals surface area contributed by atoms with E-state index in [-0.39, 0.29) is 5.91 Å². The number of carbonyl (C=O) groups is 1. The molecular weight excluding hydrogens is 272 g/mol. The molecule has 1 atom stereocenters. The topological polar surface area (TPSA) is 23.6 Å². The van der Waals surface area contributed by atoms with Gasteiger partial charge in [0.2, 0.25) is 5.91 Å². The van der Waals surface area contributed by atoms with Crippen molar-refractivity contribution in [1.29, 1.82) is 0 Å². The van der Waals surface area contributed by atoms with E-state index < -0.39 is 0 Å². The van der Waals surface area contributed by atoms with Crippen molar-refractivity contribution in [2.45, 2.75) is 32.7 Å². The van der Waals surface area contributed by atoms with E-state index in [0.29, 0.717) is 12.5 Å². The molecule has 1 fully saturated rings. The maximum Gasteiger partial charge on any atom is 0.222 e. The Hall–Kier alpha value is -1.06. The van der Waals surface area contributed by atoms with Gasteiger partial charge in [0.25, 0.3) is 0 Å². The minimum atomic E-state index is 0.289. The van der Waals surface area contributed by atoms with E-state index in [1.54, 1.807) is 0 Å². The van der Waals surface area contributed by atoms with Crippen LogP contribution in [0.25, 0.3) is 0 Å². The van der Waals surface area contributed by atoms with Crippen molar-refractivity contribution < 1.29 is 4.79 Å². The van der Waals surface area contributed by atoms with Gasteiger partial charge in [-0.1, -0.05) is 36.7 Å². The van der Waals surface area contributed by atoms with Gasteiger partial charge in [-0.2, -0.15) is 0 Å². The third kappa shape index (κ3) is 3.53. The first-order valence-corrected chi connectivity index (χ1v) is 7.77. The molecule has 1 saturated heterocycles. The highest BCUT2D eigenvalue weighted by molar-refractivity contribution is 6.31. The van der Waals surface area contributed by atoms with Crippen LogP contribution in [-0.2, 0) is 4.79 Å². The molecule has 1 aromatic rings. The van der Waals surface area contributed by atoms with Gasteiger partial charge in [0.15, 0.2) is 0 Å². The SMILES string of the molecule is CCCC(=O)N1CCN(C(C)c2ccccc2Cl)CC1. The van der Waals surface area contributed by atoms with Crippen LogP contribution in [0.5, 0.6) is 0 Å². The second-order valence-electron chi connectivity index (χ2n) is 5.36. The monoisotopic (exact) mass is 294 g/mol. The summed E-state index contributed by atoms with van der Waals surface area (Å²) in [5.41, 5.74) is 1.17. The van der Waals surface area contributed by atoms with Gasteiger partial charge in [0, 0.05) is 43.7 Å². The number of rotatable bonds is 4. The Bertz CT molecular complexity index is 456. The summed E-state index contributed by atoms with van der Waals surface area (Å²) in [6.07, 6.45) is 1.59. The van der Waals surface area contributed by atoms with Gasteiger partial charge in [0.1, 0.15) is 0 Å². The Kier molecular flexibility index (Phi) is 5.44. The largest absolute Gasteiger partial charge is 0.340 e. The standard InChI is InChI=1S/C16H23ClN2O/c1-3-6-16(20)19-11-9-18(10-12-19)13(2)14-7-4-5-8-15(14)17/h4-5,7-8,13H,3,6,9-12H2,1-2H3. The number of benzene rings is 1. The van der Waals surface area contributed by atoms with Crippen LogP contribution >= 0.6 is 11.6 Å². The fourth-order valence-electron chi connectivity index (χ4n) is 2.74. The molecule has 3 nitrogen and oxygen atoms in total. The van der Waals surface area contributed by atoms with Crippen LogP contribution in [0.2, 0.25) is 5.02 Å². The van der Waals surface area contributed by atoms with Crippen LogP contribution in [0.1, 0.15) is 38.3 Å². The number of hydrogen-bond donors (Lipinski definition) is 0. The predicted octanol–water partition coefficient (Wildman–Crippen LogP) is 3.35. The Morgan fingerprint density at radius 1 is 1.25 bits per heavy atom. The van der Waals surface area contributed by atoms with Gasteiger partial charge in [-0.05, 0) is 25.0 Å². The third-order valence-electron chi connectivity index (χ3n) is 4.03. The molecule has 1 amide bonds. The molecule has 1 unspecified atom stereocenters. The summed E-state index contributed by atoms with van der Waals surface area (Å²) < 4.78 is 0. The first-order chi connectivity index (χ1) is 9.63. The van der Waals surface area contributed by atoms with Gasteiger partial charge < -0.3 is 4.90 Å². The second-order valence-corrected chi connectivity index (χ2v) is 5.77. The number of carbonyl (C=O) groups excluding carboxylic acids is 1. The average molecular weight is 295 g/mol. The Balaban J connectivity index is 1.94. The summed E-state index contributed by atoms with van der Waals surface area (Å²) >= 11 is 6.27. The summed E-state index contributed by atoms with van der Waals surface area (Å²) in [6.45, 7) is 7.73.